The molecule has 0 amide bonds. The average Bonchev–Trinajstić information content (AvgIpc) is 2.91. The molecule has 76 valence electrons. The third-order valence-corrected chi connectivity index (χ3v) is 3.72. The van der Waals surface area contributed by atoms with E-state index in [1.807, 2.05) is 0 Å². The molecule has 0 aromatic carbocycles. The zero-order valence-electron chi connectivity index (χ0n) is 8.92. The molecule has 1 saturated heterocycles. The standard InChI is InChI=1S/C11H22N2/c1-9(10-3-4-10)7-11-8-12-5-6-13(11)2/h9-12H,3-8H2,1-2H3. The minimum Gasteiger partial charge on any atom is -0.314 e. The minimum atomic E-state index is 0.796. The monoisotopic (exact) mass is 182 g/mol. The molecule has 1 heterocycles. The van der Waals surface area contributed by atoms with Crippen molar-refractivity contribution in [3.05, 3.63) is 0 Å². The molecular formula is C11H22N2. The van der Waals surface area contributed by atoms with Crippen molar-refractivity contribution in [2.24, 2.45) is 11.8 Å². The maximum atomic E-state index is 3.49. The minimum absolute atomic E-state index is 0.796. The van der Waals surface area contributed by atoms with Crippen LogP contribution in [0.1, 0.15) is 26.2 Å². The number of hydrogen-bond acceptors (Lipinski definition) is 2. The molecule has 0 spiro atoms. The van der Waals surface area contributed by atoms with Crippen LogP contribution in [-0.4, -0.2) is 37.6 Å². The second-order valence-corrected chi connectivity index (χ2v) is 4.89. The molecule has 2 nitrogen and oxygen atoms in total. The summed E-state index contributed by atoms with van der Waals surface area (Å²) in [6.45, 7) is 6.03. The van der Waals surface area contributed by atoms with E-state index in [9.17, 15) is 0 Å². The Balaban J connectivity index is 1.77. The average molecular weight is 182 g/mol. The maximum absolute atomic E-state index is 3.49. The van der Waals surface area contributed by atoms with Gasteiger partial charge in [0, 0.05) is 25.7 Å². The molecule has 1 saturated carbocycles. The lowest BCUT2D eigenvalue weighted by atomic mass is 9.95. The van der Waals surface area contributed by atoms with E-state index in [0.717, 1.165) is 17.9 Å². The van der Waals surface area contributed by atoms with Crippen molar-refractivity contribution in [1.29, 1.82) is 0 Å². The van der Waals surface area contributed by atoms with Gasteiger partial charge in [-0.25, -0.2) is 0 Å². The van der Waals surface area contributed by atoms with E-state index >= 15 is 0 Å². The summed E-state index contributed by atoms with van der Waals surface area (Å²) in [5.74, 6) is 2.02. The zero-order valence-corrected chi connectivity index (χ0v) is 8.92. The number of likely N-dealkylation sites (N-methyl/N-ethyl adjacent to an activating group) is 1. The van der Waals surface area contributed by atoms with Gasteiger partial charge in [-0.1, -0.05) is 6.92 Å². The Bertz CT molecular complexity index is 165. The summed E-state index contributed by atoms with van der Waals surface area (Å²) in [4.78, 5) is 2.52. The number of piperazine rings is 1. The van der Waals surface area contributed by atoms with E-state index in [1.165, 1.54) is 38.9 Å². The fourth-order valence-corrected chi connectivity index (χ4v) is 2.41. The number of nitrogens with zero attached hydrogens (tertiary/aromatic N) is 1. The highest BCUT2D eigenvalue weighted by atomic mass is 15.2. The van der Waals surface area contributed by atoms with Gasteiger partial charge in [-0.3, -0.25) is 0 Å². The topological polar surface area (TPSA) is 15.3 Å². The number of nitrogens with one attached hydrogen (secondary N) is 1. The third kappa shape index (κ3) is 2.44. The van der Waals surface area contributed by atoms with Gasteiger partial charge in [0.25, 0.3) is 0 Å². The molecule has 2 unspecified atom stereocenters. The van der Waals surface area contributed by atoms with E-state index < -0.39 is 0 Å². The van der Waals surface area contributed by atoms with E-state index in [2.05, 4.69) is 24.2 Å². The Labute approximate surface area is 81.7 Å². The highest BCUT2D eigenvalue weighted by Gasteiger charge is 2.31. The maximum Gasteiger partial charge on any atom is 0.0220 e. The van der Waals surface area contributed by atoms with Gasteiger partial charge in [-0.15, -0.1) is 0 Å². The van der Waals surface area contributed by atoms with Crippen molar-refractivity contribution >= 4 is 0 Å². The second kappa shape index (κ2) is 3.97. The molecule has 2 atom stereocenters. The molecule has 13 heavy (non-hydrogen) atoms. The van der Waals surface area contributed by atoms with Crippen molar-refractivity contribution in [1.82, 2.24) is 10.2 Å². The van der Waals surface area contributed by atoms with Gasteiger partial charge in [0.15, 0.2) is 0 Å². The zero-order chi connectivity index (χ0) is 9.26. The summed E-state index contributed by atoms with van der Waals surface area (Å²) in [6, 6.07) is 0.796. The molecule has 1 N–H and O–H groups in total. The molecule has 0 aromatic heterocycles. The molecule has 2 rings (SSSR count). The van der Waals surface area contributed by atoms with Gasteiger partial charge in [0.1, 0.15) is 0 Å². The van der Waals surface area contributed by atoms with Crippen LogP contribution in [0, 0.1) is 11.8 Å². The number of rotatable bonds is 3. The fraction of sp³-hybridized carbons (Fsp3) is 1.00. The first-order valence-corrected chi connectivity index (χ1v) is 5.68. The predicted molar refractivity (Wildman–Crippen MR) is 55.8 cm³/mol. The Morgan fingerprint density at radius 1 is 1.46 bits per heavy atom. The van der Waals surface area contributed by atoms with Crippen LogP contribution in [0.3, 0.4) is 0 Å². The van der Waals surface area contributed by atoms with Crippen molar-refractivity contribution < 1.29 is 0 Å². The van der Waals surface area contributed by atoms with Gasteiger partial charge >= 0.3 is 0 Å². The molecule has 2 fully saturated rings. The van der Waals surface area contributed by atoms with Crippen molar-refractivity contribution in [3.63, 3.8) is 0 Å². The summed E-state index contributed by atoms with van der Waals surface area (Å²) in [7, 11) is 2.27. The van der Waals surface area contributed by atoms with E-state index in [0.29, 0.717) is 0 Å². The van der Waals surface area contributed by atoms with Crippen LogP contribution < -0.4 is 5.32 Å². The van der Waals surface area contributed by atoms with Crippen LogP contribution in [0.4, 0.5) is 0 Å². The van der Waals surface area contributed by atoms with Gasteiger partial charge in [-0.2, -0.15) is 0 Å². The third-order valence-electron chi connectivity index (χ3n) is 3.72. The fourth-order valence-electron chi connectivity index (χ4n) is 2.41. The van der Waals surface area contributed by atoms with Crippen molar-refractivity contribution in [2.75, 3.05) is 26.7 Å². The van der Waals surface area contributed by atoms with Gasteiger partial charge in [0.05, 0.1) is 0 Å². The highest BCUT2D eigenvalue weighted by molar-refractivity contribution is 4.85. The van der Waals surface area contributed by atoms with Gasteiger partial charge in [0.2, 0.25) is 0 Å². The van der Waals surface area contributed by atoms with Crippen LogP contribution in [0.25, 0.3) is 0 Å². The van der Waals surface area contributed by atoms with Crippen LogP contribution in [-0.2, 0) is 0 Å². The lowest BCUT2D eigenvalue weighted by Crippen LogP contribution is -2.49. The Morgan fingerprint density at radius 2 is 2.23 bits per heavy atom. The Morgan fingerprint density at radius 3 is 2.85 bits per heavy atom. The molecule has 1 aliphatic heterocycles. The molecule has 2 heteroatoms. The summed E-state index contributed by atoms with van der Waals surface area (Å²) >= 11 is 0. The molecule has 0 radical (unpaired) electrons. The lowest BCUT2D eigenvalue weighted by Gasteiger charge is -2.34. The number of hydrogen-bond donors (Lipinski definition) is 1. The molecule has 0 bridgehead atoms. The van der Waals surface area contributed by atoms with E-state index in [4.69, 9.17) is 0 Å². The smallest absolute Gasteiger partial charge is 0.0220 e. The van der Waals surface area contributed by atoms with Crippen molar-refractivity contribution in [2.45, 2.75) is 32.2 Å². The van der Waals surface area contributed by atoms with E-state index in [1.54, 1.807) is 0 Å². The van der Waals surface area contributed by atoms with Crippen molar-refractivity contribution in [3.8, 4) is 0 Å². The SMILES string of the molecule is CC(CC1CNCCN1C)C1CC1. The van der Waals surface area contributed by atoms with Gasteiger partial charge in [-0.05, 0) is 38.1 Å². The predicted octanol–water partition coefficient (Wildman–Crippen LogP) is 1.33. The lowest BCUT2D eigenvalue weighted by molar-refractivity contribution is 0.168. The van der Waals surface area contributed by atoms with Crippen LogP contribution in [0.2, 0.25) is 0 Å². The first-order chi connectivity index (χ1) is 6.27. The summed E-state index contributed by atoms with van der Waals surface area (Å²) < 4.78 is 0. The van der Waals surface area contributed by atoms with Crippen LogP contribution >= 0.6 is 0 Å². The first-order valence-electron chi connectivity index (χ1n) is 5.68. The normalized spacial score (nSPS) is 33.2. The van der Waals surface area contributed by atoms with Gasteiger partial charge < -0.3 is 10.2 Å². The van der Waals surface area contributed by atoms with Crippen LogP contribution in [0.5, 0.6) is 0 Å². The second-order valence-electron chi connectivity index (χ2n) is 4.89. The first kappa shape index (κ1) is 9.47. The molecule has 1 aliphatic carbocycles. The largest absolute Gasteiger partial charge is 0.314 e. The highest BCUT2D eigenvalue weighted by Crippen LogP contribution is 2.39. The molecule has 0 aromatic rings. The quantitative estimate of drug-likeness (QED) is 0.708. The molecule has 2 aliphatic rings. The Kier molecular flexibility index (Phi) is 2.89. The van der Waals surface area contributed by atoms with E-state index in [-0.39, 0.29) is 0 Å². The summed E-state index contributed by atoms with van der Waals surface area (Å²) in [5, 5.41) is 3.49. The Hall–Kier alpha value is -0.0800. The van der Waals surface area contributed by atoms with Crippen LogP contribution in [0.15, 0.2) is 0 Å². The molecular weight excluding hydrogens is 160 g/mol. The summed E-state index contributed by atoms with van der Waals surface area (Å²) in [6.07, 6.45) is 4.38. The summed E-state index contributed by atoms with van der Waals surface area (Å²) in [5.41, 5.74) is 0.